The van der Waals surface area contributed by atoms with Crippen LogP contribution in [0.2, 0.25) is 0 Å². The molecule has 0 saturated carbocycles. The van der Waals surface area contributed by atoms with Crippen molar-refractivity contribution in [2.75, 3.05) is 24.4 Å². The fraction of sp³-hybridized carbons (Fsp3) is 0.250. The van der Waals surface area contributed by atoms with Crippen molar-refractivity contribution in [1.82, 2.24) is 0 Å². The minimum Gasteiger partial charge on any atom is -0.481 e. The molecular formula is C12H14N2O5. The van der Waals surface area contributed by atoms with Crippen LogP contribution in [0.5, 0.6) is 0 Å². The highest BCUT2D eigenvalue weighted by molar-refractivity contribution is 6.01. The lowest BCUT2D eigenvalue weighted by Crippen LogP contribution is -2.17. The molecule has 0 heterocycles. The number of hydrogen-bond acceptors (Lipinski definition) is 4. The Bertz CT molecular complexity index is 470. The minimum absolute atomic E-state index is 0.0445. The Hall–Kier alpha value is -2.41. The number of carbonyl (C=O) groups is 3. The number of carboxylic acid groups (broad SMARTS) is 1. The monoisotopic (exact) mass is 266 g/mol. The molecule has 1 aromatic rings. The van der Waals surface area contributed by atoms with E-state index in [1.807, 2.05) is 0 Å². The number of benzene rings is 1. The van der Waals surface area contributed by atoms with Gasteiger partial charge in [0.1, 0.15) is 13.0 Å². The van der Waals surface area contributed by atoms with E-state index in [-0.39, 0.29) is 12.5 Å². The van der Waals surface area contributed by atoms with E-state index in [1.165, 1.54) is 7.11 Å². The molecule has 7 nitrogen and oxygen atoms in total. The molecule has 0 aliphatic carbocycles. The number of carbonyl (C=O) groups excluding carboxylic acids is 2. The number of rotatable bonds is 6. The van der Waals surface area contributed by atoms with Gasteiger partial charge in [0.15, 0.2) is 0 Å². The molecule has 0 unspecified atom stereocenters. The highest BCUT2D eigenvalue weighted by Crippen LogP contribution is 2.13. The van der Waals surface area contributed by atoms with Crippen molar-refractivity contribution < 1.29 is 24.2 Å². The molecular weight excluding hydrogens is 252 g/mol. The summed E-state index contributed by atoms with van der Waals surface area (Å²) in [5, 5.41) is 13.4. The second-order valence-electron chi connectivity index (χ2n) is 3.68. The summed E-state index contributed by atoms with van der Waals surface area (Å²) in [4.78, 5) is 32.7. The Labute approximate surface area is 109 Å². The van der Waals surface area contributed by atoms with Gasteiger partial charge in [-0.2, -0.15) is 0 Å². The zero-order chi connectivity index (χ0) is 14.3. The summed E-state index contributed by atoms with van der Waals surface area (Å²) in [6.45, 7) is -0.0445. The number of methoxy groups -OCH3 is 1. The molecule has 1 aromatic carbocycles. The second kappa shape index (κ2) is 7.12. The van der Waals surface area contributed by atoms with Crippen LogP contribution in [0.25, 0.3) is 0 Å². The van der Waals surface area contributed by atoms with Crippen molar-refractivity contribution in [1.29, 1.82) is 0 Å². The Kier molecular flexibility index (Phi) is 5.49. The van der Waals surface area contributed by atoms with Crippen LogP contribution in [-0.4, -0.2) is 36.6 Å². The summed E-state index contributed by atoms with van der Waals surface area (Å²) in [7, 11) is 1.42. The number of aliphatic carboxylic acids is 1. The van der Waals surface area contributed by atoms with Crippen LogP contribution in [-0.2, 0) is 19.1 Å². The van der Waals surface area contributed by atoms with E-state index < -0.39 is 18.3 Å². The van der Waals surface area contributed by atoms with Crippen molar-refractivity contribution in [3.05, 3.63) is 24.3 Å². The van der Waals surface area contributed by atoms with Crippen LogP contribution in [0.15, 0.2) is 24.3 Å². The quantitative estimate of drug-likeness (QED) is 0.657. The Balaban J connectivity index is 2.54. The van der Waals surface area contributed by atoms with Gasteiger partial charge < -0.3 is 20.5 Å². The van der Waals surface area contributed by atoms with Crippen LogP contribution >= 0.6 is 0 Å². The largest absolute Gasteiger partial charge is 0.481 e. The lowest BCUT2D eigenvalue weighted by atomic mass is 10.2. The number of hydrogen-bond donors (Lipinski definition) is 3. The summed E-state index contributed by atoms with van der Waals surface area (Å²) < 4.78 is 4.66. The number of amides is 2. The van der Waals surface area contributed by atoms with Crippen molar-refractivity contribution >= 4 is 29.2 Å². The van der Waals surface area contributed by atoms with Gasteiger partial charge in [0.2, 0.25) is 11.8 Å². The third kappa shape index (κ3) is 5.64. The molecule has 1 rings (SSSR count). The third-order valence-corrected chi connectivity index (χ3v) is 2.04. The Morgan fingerprint density at radius 3 is 1.95 bits per heavy atom. The molecule has 3 N–H and O–H groups in total. The van der Waals surface area contributed by atoms with Crippen LogP contribution in [0.1, 0.15) is 6.42 Å². The van der Waals surface area contributed by atoms with E-state index in [1.54, 1.807) is 24.3 Å². The average Bonchev–Trinajstić information content (AvgIpc) is 2.31. The molecule has 0 aliphatic heterocycles. The molecule has 0 bridgehead atoms. The van der Waals surface area contributed by atoms with Gasteiger partial charge in [-0.05, 0) is 24.3 Å². The van der Waals surface area contributed by atoms with Gasteiger partial charge in [-0.1, -0.05) is 0 Å². The number of carboxylic acids is 1. The normalized spacial score (nSPS) is 9.74. The SMILES string of the molecule is COCC(=O)Nc1ccc(NC(=O)CC(=O)O)cc1. The zero-order valence-electron chi connectivity index (χ0n) is 10.3. The molecule has 2 amide bonds. The molecule has 0 spiro atoms. The summed E-state index contributed by atoms with van der Waals surface area (Å²) in [5.41, 5.74) is 1.01. The zero-order valence-corrected chi connectivity index (χ0v) is 10.3. The highest BCUT2D eigenvalue weighted by atomic mass is 16.5. The number of anilines is 2. The fourth-order valence-electron chi connectivity index (χ4n) is 1.31. The molecule has 0 radical (unpaired) electrons. The number of nitrogens with one attached hydrogen (secondary N) is 2. The average molecular weight is 266 g/mol. The van der Waals surface area contributed by atoms with Gasteiger partial charge in [0.05, 0.1) is 0 Å². The lowest BCUT2D eigenvalue weighted by molar-refractivity contribution is -0.139. The second-order valence-corrected chi connectivity index (χ2v) is 3.68. The van der Waals surface area contributed by atoms with E-state index in [2.05, 4.69) is 15.4 Å². The first-order chi connectivity index (χ1) is 9.01. The molecule has 0 aliphatic rings. The van der Waals surface area contributed by atoms with Crippen molar-refractivity contribution in [2.24, 2.45) is 0 Å². The van der Waals surface area contributed by atoms with E-state index in [4.69, 9.17) is 5.11 Å². The highest BCUT2D eigenvalue weighted by Gasteiger charge is 2.07. The molecule has 0 aromatic heterocycles. The number of ether oxygens (including phenoxy) is 1. The predicted octanol–water partition coefficient (Wildman–Crippen LogP) is 0.685. The maximum absolute atomic E-state index is 11.2. The van der Waals surface area contributed by atoms with Gasteiger partial charge in [-0.25, -0.2) is 0 Å². The maximum Gasteiger partial charge on any atom is 0.312 e. The smallest absolute Gasteiger partial charge is 0.312 e. The van der Waals surface area contributed by atoms with Gasteiger partial charge in [0.25, 0.3) is 0 Å². The van der Waals surface area contributed by atoms with Crippen molar-refractivity contribution in [3.8, 4) is 0 Å². The van der Waals surface area contributed by atoms with Gasteiger partial charge in [0, 0.05) is 18.5 Å². The van der Waals surface area contributed by atoms with Crippen LogP contribution in [0, 0.1) is 0 Å². The lowest BCUT2D eigenvalue weighted by Gasteiger charge is -2.07. The third-order valence-electron chi connectivity index (χ3n) is 2.04. The Morgan fingerprint density at radius 2 is 1.53 bits per heavy atom. The fourth-order valence-corrected chi connectivity index (χ4v) is 1.31. The maximum atomic E-state index is 11.2. The summed E-state index contributed by atoms with van der Waals surface area (Å²) >= 11 is 0. The first-order valence-corrected chi connectivity index (χ1v) is 5.41. The van der Waals surface area contributed by atoms with Crippen LogP contribution in [0.3, 0.4) is 0 Å². The summed E-state index contributed by atoms with van der Waals surface area (Å²) in [6.07, 6.45) is -0.591. The summed E-state index contributed by atoms with van der Waals surface area (Å²) in [5.74, 6) is -2.09. The molecule has 102 valence electrons. The first kappa shape index (κ1) is 14.7. The van der Waals surface area contributed by atoms with Gasteiger partial charge in [-0.3, -0.25) is 14.4 Å². The van der Waals surface area contributed by atoms with Crippen molar-refractivity contribution in [3.63, 3.8) is 0 Å². The molecule has 0 atom stereocenters. The topological polar surface area (TPSA) is 105 Å². The van der Waals surface area contributed by atoms with Crippen molar-refractivity contribution in [2.45, 2.75) is 6.42 Å². The molecule has 19 heavy (non-hydrogen) atoms. The minimum atomic E-state index is -1.19. The standard InChI is InChI=1S/C12H14N2O5/c1-19-7-11(16)14-9-4-2-8(3-5-9)13-10(15)6-12(17)18/h2-5H,6-7H2,1H3,(H,13,15)(H,14,16)(H,17,18). The first-order valence-electron chi connectivity index (χ1n) is 5.41. The van der Waals surface area contributed by atoms with E-state index in [0.717, 1.165) is 0 Å². The van der Waals surface area contributed by atoms with E-state index in [0.29, 0.717) is 11.4 Å². The van der Waals surface area contributed by atoms with Gasteiger partial charge >= 0.3 is 5.97 Å². The van der Waals surface area contributed by atoms with Crippen LogP contribution in [0.4, 0.5) is 11.4 Å². The van der Waals surface area contributed by atoms with Crippen LogP contribution < -0.4 is 10.6 Å². The van der Waals surface area contributed by atoms with Gasteiger partial charge in [-0.15, -0.1) is 0 Å². The van der Waals surface area contributed by atoms with E-state index in [9.17, 15) is 14.4 Å². The predicted molar refractivity (Wildman–Crippen MR) is 67.8 cm³/mol. The molecule has 0 saturated heterocycles. The summed E-state index contributed by atoms with van der Waals surface area (Å²) in [6, 6.07) is 6.29. The molecule has 7 heteroatoms. The Morgan fingerprint density at radius 1 is 1.05 bits per heavy atom. The molecule has 0 fully saturated rings. The van der Waals surface area contributed by atoms with E-state index >= 15 is 0 Å².